The number of unbranched alkanes of at least 4 members (excludes halogenated alkanes) is 2. The van der Waals surface area contributed by atoms with E-state index in [9.17, 15) is 9.59 Å². The zero-order valence-electron chi connectivity index (χ0n) is 34.6. The van der Waals surface area contributed by atoms with Crippen molar-refractivity contribution in [3.63, 3.8) is 0 Å². The van der Waals surface area contributed by atoms with E-state index in [0.717, 1.165) is 23.5 Å². The molecule has 0 heterocycles. The fraction of sp³-hybridized carbons (Fsp3) is 0.628. The Bertz CT molecular complexity index is 1010. The number of carbonyl (C=O) groups is 2. The second-order valence-electron chi connectivity index (χ2n) is 11.2. The van der Waals surface area contributed by atoms with Gasteiger partial charge in [0.2, 0.25) is 0 Å². The first-order valence-corrected chi connectivity index (χ1v) is 20.0. The number of allylic oxidation sites excluding steroid dienone is 2. The molecular weight excluding hydrogens is 646 g/mol. The number of aliphatic hydroxyl groups is 1. The number of ketones is 2. The molecule has 1 unspecified atom stereocenters. The highest BCUT2D eigenvalue weighted by atomic mass is 35.5. The Hall–Kier alpha value is -1.92. The van der Waals surface area contributed by atoms with E-state index < -0.39 is 0 Å². The van der Waals surface area contributed by atoms with Crippen LogP contribution in [-0.2, 0) is 4.79 Å². The lowest BCUT2D eigenvalue weighted by Gasteiger charge is -2.18. The first-order valence-electron chi connectivity index (χ1n) is 18.8. The number of rotatable bonds is 13. The van der Waals surface area contributed by atoms with Crippen molar-refractivity contribution in [1.29, 1.82) is 0 Å². The smallest absolute Gasteiger partial charge is 0.160 e. The van der Waals surface area contributed by atoms with E-state index in [4.69, 9.17) is 16.7 Å². The van der Waals surface area contributed by atoms with Gasteiger partial charge in [0.1, 0.15) is 0 Å². The van der Waals surface area contributed by atoms with Gasteiger partial charge in [-0.05, 0) is 68.3 Å². The van der Waals surface area contributed by atoms with E-state index in [1.807, 2.05) is 84.9 Å². The predicted molar refractivity (Wildman–Crippen MR) is 225 cm³/mol. The Morgan fingerprint density at radius 3 is 1.61 bits per heavy atom. The van der Waals surface area contributed by atoms with E-state index >= 15 is 0 Å². The van der Waals surface area contributed by atoms with Gasteiger partial charge in [0, 0.05) is 16.5 Å². The van der Waals surface area contributed by atoms with Gasteiger partial charge in [-0.2, -0.15) is 0 Å². The molecule has 49 heavy (non-hydrogen) atoms. The predicted octanol–water partition coefficient (Wildman–Crippen LogP) is 14.1. The molecule has 0 fully saturated rings. The summed E-state index contributed by atoms with van der Waals surface area (Å²) in [5.41, 5.74) is 2.78. The maximum Gasteiger partial charge on any atom is 0.160 e. The average Bonchev–Trinajstić information content (AvgIpc) is 3.12. The highest BCUT2D eigenvalue weighted by molar-refractivity contribution is 8.03. The summed E-state index contributed by atoms with van der Waals surface area (Å²) in [6, 6.07) is 15.4. The molecule has 0 spiro atoms. The van der Waals surface area contributed by atoms with Crippen LogP contribution in [0.1, 0.15) is 169 Å². The number of Topliss-reactive ketones (excluding diaryl/α,β-unsaturated/α-hetero) is 2. The molecule has 0 aromatic heterocycles. The molecule has 2 rings (SSSR count). The van der Waals surface area contributed by atoms with Crippen LogP contribution in [0, 0.1) is 18.8 Å². The molecule has 0 amide bonds. The summed E-state index contributed by atoms with van der Waals surface area (Å²) >= 11 is 7.38. The summed E-state index contributed by atoms with van der Waals surface area (Å²) in [6.07, 6.45) is 11.3. The molecule has 0 aliphatic heterocycles. The van der Waals surface area contributed by atoms with Crippen LogP contribution in [0.5, 0.6) is 0 Å². The van der Waals surface area contributed by atoms with E-state index in [1.54, 1.807) is 37.9 Å². The lowest BCUT2D eigenvalue weighted by molar-refractivity contribution is -0.121. The lowest BCUT2D eigenvalue weighted by Crippen LogP contribution is -2.15. The monoisotopic (exact) mass is 724 g/mol. The molecule has 0 aliphatic carbocycles. The minimum atomic E-state index is -0.0750. The maximum absolute atomic E-state index is 12.3. The SMILES string of the molecule is CC.CC.CC(=O)c1cc(Cl)ccc1C.CC/C=C(\C)SC(C(=O)C(C)C)c1ccccc1.CCC(CC)CC.CCCCC.CNCO. The summed E-state index contributed by atoms with van der Waals surface area (Å²) in [6.45, 7) is 30.9. The normalized spacial score (nSPS) is 10.4. The van der Waals surface area contributed by atoms with Crippen molar-refractivity contribution in [2.45, 2.75) is 154 Å². The van der Waals surface area contributed by atoms with E-state index in [0.29, 0.717) is 16.4 Å². The summed E-state index contributed by atoms with van der Waals surface area (Å²) in [4.78, 5) is 24.5. The molecule has 0 aliphatic rings. The molecule has 6 heteroatoms. The number of aryl methyl sites for hydroxylation is 1. The van der Waals surface area contributed by atoms with Gasteiger partial charge in [0.15, 0.2) is 11.6 Å². The number of carbonyl (C=O) groups excluding carboxylic acids is 2. The third kappa shape index (κ3) is 34.3. The van der Waals surface area contributed by atoms with Crippen LogP contribution < -0.4 is 5.32 Å². The third-order valence-electron chi connectivity index (χ3n) is 6.90. The molecule has 2 aromatic rings. The van der Waals surface area contributed by atoms with Gasteiger partial charge in [-0.15, -0.1) is 11.8 Å². The number of halogens is 1. The maximum atomic E-state index is 12.3. The van der Waals surface area contributed by atoms with Crippen LogP contribution in [0.2, 0.25) is 5.02 Å². The molecule has 0 saturated heterocycles. The number of benzene rings is 2. The zero-order valence-corrected chi connectivity index (χ0v) is 36.2. The van der Waals surface area contributed by atoms with Crippen LogP contribution in [-0.4, -0.2) is 30.5 Å². The van der Waals surface area contributed by atoms with E-state index in [2.05, 4.69) is 59.9 Å². The van der Waals surface area contributed by atoms with Crippen LogP contribution >= 0.6 is 23.4 Å². The van der Waals surface area contributed by atoms with Crippen molar-refractivity contribution in [1.82, 2.24) is 5.32 Å². The quantitative estimate of drug-likeness (QED) is 0.159. The summed E-state index contributed by atoms with van der Waals surface area (Å²) < 4.78 is 0. The molecule has 0 bridgehead atoms. The largest absolute Gasteiger partial charge is 0.381 e. The van der Waals surface area contributed by atoms with Gasteiger partial charge < -0.3 is 5.11 Å². The molecule has 2 N–H and O–H groups in total. The van der Waals surface area contributed by atoms with Crippen LogP contribution in [0.15, 0.2) is 59.5 Å². The van der Waals surface area contributed by atoms with Crippen molar-refractivity contribution in [3.8, 4) is 0 Å². The number of hydrogen-bond acceptors (Lipinski definition) is 5. The van der Waals surface area contributed by atoms with Gasteiger partial charge in [0.25, 0.3) is 0 Å². The van der Waals surface area contributed by atoms with Gasteiger partial charge in [-0.1, -0.05) is 176 Å². The minimum Gasteiger partial charge on any atom is -0.381 e. The second-order valence-corrected chi connectivity index (χ2v) is 12.9. The molecule has 0 radical (unpaired) electrons. The zero-order chi connectivity index (χ0) is 39.2. The van der Waals surface area contributed by atoms with Crippen molar-refractivity contribution in [2.24, 2.45) is 11.8 Å². The third-order valence-corrected chi connectivity index (χ3v) is 8.42. The Labute approximate surface area is 314 Å². The molecule has 4 nitrogen and oxygen atoms in total. The summed E-state index contributed by atoms with van der Waals surface area (Å²) in [5, 5.41) is 10.8. The van der Waals surface area contributed by atoms with Crippen molar-refractivity contribution in [2.75, 3.05) is 13.8 Å². The van der Waals surface area contributed by atoms with Gasteiger partial charge in [-0.25, -0.2) is 0 Å². The van der Waals surface area contributed by atoms with Crippen LogP contribution in [0.4, 0.5) is 0 Å². The Morgan fingerprint density at radius 2 is 1.33 bits per heavy atom. The number of thioether (sulfide) groups is 1. The first-order chi connectivity index (χ1) is 23.3. The molecule has 286 valence electrons. The fourth-order valence-electron chi connectivity index (χ4n) is 3.94. The topological polar surface area (TPSA) is 66.4 Å². The van der Waals surface area contributed by atoms with Crippen LogP contribution in [0.25, 0.3) is 0 Å². The number of nitrogens with one attached hydrogen (secondary N) is 1. The number of hydrogen-bond donors (Lipinski definition) is 2. The Morgan fingerprint density at radius 1 is 0.857 bits per heavy atom. The Kier molecular flexibility index (Phi) is 48.7. The highest BCUT2D eigenvalue weighted by Crippen LogP contribution is 2.37. The van der Waals surface area contributed by atoms with Crippen molar-refractivity contribution in [3.05, 3.63) is 81.2 Å². The van der Waals surface area contributed by atoms with Crippen molar-refractivity contribution < 1.29 is 14.7 Å². The fourth-order valence-corrected chi connectivity index (χ4v) is 5.42. The molecule has 1 atom stereocenters. The number of aliphatic hydroxyl groups excluding tert-OH is 1. The van der Waals surface area contributed by atoms with Gasteiger partial charge >= 0.3 is 0 Å². The van der Waals surface area contributed by atoms with E-state index in [-0.39, 0.29) is 23.7 Å². The highest BCUT2D eigenvalue weighted by Gasteiger charge is 2.23. The first kappa shape index (κ1) is 56.5. The van der Waals surface area contributed by atoms with E-state index in [1.165, 1.54) is 43.4 Å². The standard InChI is InChI=1S/C16H22OS.C9H9ClO.C7H16.C5H12.C2H7NO.2C2H6/c1-5-9-13(4)18-16(15(17)12(2)3)14-10-7-6-8-11-14;1-6-3-4-8(10)5-9(6)7(2)11;1-4-7(5-2)6-3;1-3-5-4-2;1-3-2-4;2*1-2/h6-12,16H,5H2,1-4H3;3-5H,1-2H3;7H,4-6H2,1-3H3;3-5H2,1-2H3;3-4H,2H2,1H3;2*1-2H3/b13-9+;;;;;;. The Balaban J connectivity index is -0.000000178. The lowest BCUT2D eigenvalue weighted by atomic mass is 10.0. The minimum absolute atomic E-state index is 0.0602. The van der Waals surface area contributed by atoms with Crippen molar-refractivity contribution >= 4 is 34.9 Å². The molecule has 0 saturated carbocycles. The average molecular weight is 725 g/mol. The van der Waals surface area contributed by atoms with Gasteiger partial charge in [0.05, 0.1) is 12.0 Å². The van der Waals surface area contributed by atoms with Gasteiger partial charge in [-0.3, -0.25) is 14.9 Å². The second kappa shape index (κ2) is 42.2. The molecule has 2 aromatic carbocycles. The summed E-state index contributed by atoms with van der Waals surface area (Å²) in [5.74, 6) is 1.41. The molecular formula is C43H78ClNO3S. The van der Waals surface area contributed by atoms with Crippen LogP contribution in [0.3, 0.4) is 0 Å². The summed E-state index contributed by atoms with van der Waals surface area (Å²) in [7, 11) is 1.68.